The molecule has 148 valence electrons. The fourth-order valence-electron chi connectivity index (χ4n) is 4.98. The van der Waals surface area contributed by atoms with Gasteiger partial charge in [-0.25, -0.2) is 4.98 Å². The Morgan fingerprint density at radius 1 is 1.32 bits per heavy atom. The van der Waals surface area contributed by atoms with Crippen molar-refractivity contribution >= 4 is 5.91 Å². The molecule has 2 aromatic rings. The molecule has 5 rings (SSSR count). The van der Waals surface area contributed by atoms with Crippen LogP contribution in [0.2, 0.25) is 0 Å². The molecule has 2 aromatic heterocycles. The highest BCUT2D eigenvalue weighted by Gasteiger charge is 2.46. The van der Waals surface area contributed by atoms with Crippen LogP contribution in [0.5, 0.6) is 0 Å². The van der Waals surface area contributed by atoms with E-state index in [9.17, 15) is 9.59 Å². The van der Waals surface area contributed by atoms with Crippen LogP contribution in [-0.4, -0.2) is 44.1 Å². The fraction of sp³-hybridized carbons (Fsp3) is 0.619. The minimum atomic E-state index is -0.119. The number of carbonyl (C=O) groups excluding carboxylic acids is 1. The summed E-state index contributed by atoms with van der Waals surface area (Å²) in [6, 6.07) is 0. The third-order valence-electron chi connectivity index (χ3n) is 6.69. The fourth-order valence-corrected chi connectivity index (χ4v) is 4.98. The molecule has 28 heavy (non-hydrogen) atoms. The Morgan fingerprint density at radius 2 is 2.21 bits per heavy atom. The minimum Gasteiger partial charge on any atom is -0.342 e. The summed E-state index contributed by atoms with van der Waals surface area (Å²) in [5.74, 6) is 1.52. The van der Waals surface area contributed by atoms with Crippen LogP contribution in [-0.2, 0) is 23.1 Å². The molecule has 2 fully saturated rings. The lowest BCUT2D eigenvalue weighted by atomic mass is 9.77. The van der Waals surface area contributed by atoms with Crippen LogP contribution in [0.4, 0.5) is 0 Å². The van der Waals surface area contributed by atoms with E-state index in [1.807, 2.05) is 17.3 Å². The molecule has 1 saturated carbocycles. The predicted octanol–water partition coefficient (Wildman–Crippen LogP) is 2.20. The molecule has 1 saturated heterocycles. The Balaban J connectivity index is 1.31. The molecular formula is C21H27N5O2. The van der Waals surface area contributed by atoms with Crippen molar-refractivity contribution in [2.45, 2.75) is 69.1 Å². The number of hydrogen-bond acceptors (Lipinski definition) is 4. The lowest BCUT2D eigenvalue weighted by molar-refractivity contribution is -0.133. The zero-order valence-electron chi connectivity index (χ0n) is 16.2. The molecule has 0 radical (unpaired) electrons. The second kappa shape index (κ2) is 6.87. The van der Waals surface area contributed by atoms with Crippen molar-refractivity contribution in [1.29, 1.82) is 0 Å². The van der Waals surface area contributed by atoms with Gasteiger partial charge in [0.05, 0.1) is 11.9 Å². The number of nitrogens with one attached hydrogen (secondary N) is 2. The molecule has 1 aliphatic heterocycles. The van der Waals surface area contributed by atoms with E-state index in [0.29, 0.717) is 18.9 Å². The van der Waals surface area contributed by atoms with E-state index < -0.39 is 0 Å². The number of aromatic nitrogens is 4. The maximum absolute atomic E-state index is 12.8. The summed E-state index contributed by atoms with van der Waals surface area (Å²) in [5.41, 5.74) is 2.93. The zero-order chi connectivity index (χ0) is 19.1. The first kappa shape index (κ1) is 17.6. The van der Waals surface area contributed by atoms with E-state index in [2.05, 4.69) is 15.2 Å². The van der Waals surface area contributed by atoms with E-state index in [4.69, 9.17) is 4.98 Å². The average molecular weight is 381 g/mol. The molecule has 7 heteroatoms. The summed E-state index contributed by atoms with van der Waals surface area (Å²) in [6.45, 7) is 1.53. The van der Waals surface area contributed by atoms with Gasteiger partial charge in [-0.1, -0.05) is 0 Å². The van der Waals surface area contributed by atoms with Crippen molar-refractivity contribution in [2.24, 2.45) is 0 Å². The first-order valence-corrected chi connectivity index (χ1v) is 10.5. The number of carbonyl (C=O) groups is 1. The number of aryl methyl sites for hydroxylation is 1. The molecule has 1 amide bonds. The molecule has 0 aromatic carbocycles. The van der Waals surface area contributed by atoms with Crippen LogP contribution < -0.4 is 5.56 Å². The normalized spacial score (nSPS) is 23.9. The Morgan fingerprint density at radius 3 is 3.00 bits per heavy atom. The van der Waals surface area contributed by atoms with E-state index in [1.165, 1.54) is 0 Å². The second-order valence-electron chi connectivity index (χ2n) is 8.71. The van der Waals surface area contributed by atoms with Gasteiger partial charge >= 0.3 is 0 Å². The van der Waals surface area contributed by atoms with Gasteiger partial charge < -0.3 is 9.88 Å². The molecule has 7 nitrogen and oxygen atoms in total. The van der Waals surface area contributed by atoms with Gasteiger partial charge in [0.2, 0.25) is 5.91 Å². The standard InChI is InChI=1S/C21H27N5O2/c27-17(4-1-3-14-11-22-23-12-14)26-10-2-8-21(13-26)9-7-16-18(21)24-19(15-5-6-15)25-20(16)28/h11-12,15H,1-10,13H2,(H,22,23)(H,24,25,28). The molecule has 2 N–H and O–H groups in total. The summed E-state index contributed by atoms with van der Waals surface area (Å²) >= 11 is 0. The number of rotatable bonds is 5. The number of amides is 1. The summed E-state index contributed by atoms with van der Waals surface area (Å²) in [5, 5.41) is 6.77. The first-order chi connectivity index (χ1) is 13.6. The van der Waals surface area contributed by atoms with Gasteiger partial charge in [0.15, 0.2) is 0 Å². The average Bonchev–Trinajstić information content (AvgIpc) is 3.32. The molecule has 0 bridgehead atoms. The van der Waals surface area contributed by atoms with Gasteiger partial charge in [0.1, 0.15) is 5.82 Å². The number of aromatic amines is 2. The maximum atomic E-state index is 12.8. The van der Waals surface area contributed by atoms with Gasteiger partial charge in [0.25, 0.3) is 5.56 Å². The van der Waals surface area contributed by atoms with Crippen LogP contribution in [0.3, 0.4) is 0 Å². The summed E-state index contributed by atoms with van der Waals surface area (Å²) in [6.07, 6.45) is 11.9. The van der Waals surface area contributed by atoms with Gasteiger partial charge in [-0.05, 0) is 56.9 Å². The summed E-state index contributed by atoms with van der Waals surface area (Å²) in [7, 11) is 0. The SMILES string of the molecule is O=C(CCCc1cn[nH]c1)N1CCCC2(CCc3c2nc(C2CC2)[nH]c3=O)C1. The Hall–Kier alpha value is -2.44. The predicted molar refractivity (Wildman–Crippen MR) is 104 cm³/mol. The number of piperidine rings is 1. The summed E-state index contributed by atoms with van der Waals surface area (Å²) in [4.78, 5) is 35.4. The van der Waals surface area contributed by atoms with E-state index in [0.717, 1.165) is 80.6 Å². The molecule has 1 unspecified atom stereocenters. The van der Waals surface area contributed by atoms with Gasteiger partial charge in [-0.3, -0.25) is 14.7 Å². The Bertz CT molecular complexity index is 931. The number of hydrogen-bond donors (Lipinski definition) is 2. The van der Waals surface area contributed by atoms with Crippen molar-refractivity contribution in [3.8, 4) is 0 Å². The van der Waals surface area contributed by atoms with Crippen LogP contribution >= 0.6 is 0 Å². The van der Waals surface area contributed by atoms with Crippen molar-refractivity contribution in [3.05, 3.63) is 45.4 Å². The monoisotopic (exact) mass is 381 g/mol. The molecule has 1 atom stereocenters. The smallest absolute Gasteiger partial charge is 0.254 e. The number of H-pyrrole nitrogens is 2. The molecular weight excluding hydrogens is 354 g/mol. The second-order valence-corrected chi connectivity index (χ2v) is 8.71. The topological polar surface area (TPSA) is 94.7 Å². The third kappa shape index (κ3) is 3.16. The number of likely N-dealkylation sites (tertiary alicyclic amines) is 1. The van der Waals surface area contributed by atoms with Crippen molar-refractivity contribution in [1.82, 2.24) is 25.1 Å². The number of fused-ring (bicyclic) bond motifs is 2. The quantitative estimate of drug-likeness (QED) is 0.830. The first-order valence-electron chi connectivity index (χ1n) is 10.5. The van der Waals surface area contributed by atoms with Crippen LogP contribution in [0.1, 0.15) is 73.5 Å². The zero-order valence-corrected chi connectivity index (χ0v) is 16.2. The van der Waals surface area contributed by atoms with Gasteiger partial charge in [-0.2, -0.15) is 5.10 Å². The minimum absolute atomic E-state index is 0.0485. The maximum Gasteiger partial charge on any atom is 0.254 e. The lowest BCUT2D eigenvalue weighted by Gasteiger charge is -2.40. The Kier molecular flexibility index (Phi) is 4.33. The van der Waals surface area contributed by atoms with E-state index >= 15 is 0 Å². The van der Waals surface area contributed by atoms with Crippen molar-refractivity contribution < 1.29 is 4.79 Å². The lowest BCUT2D eigenvalue weighted by Crippen LogP contribution is -2.48. The molecule has 1 spiro atoms. The van der Waals surface area contributed by atoms with E-state index in [-0.39, 0.29) is 16.9 Å². The molecule has 2 aliphatic carbocycles. The van der Waals surface area contributed by atoms with Gasteiger partial charge in [0, 0.05) is 42.6 Å². The van der Waals surface area contributed by atoms with Crippen LogP contribution in [0.15, 0.2) is 17.2 Å². The molecule has 3 heterocycles. The van der Waals surface area contributed by atoms with Crippen LogP contribution in [0.25, 0.3) is 0 Å². The Labute approximate surface area is 163 Å². The largest absolute Gasteiger partial charge is 0.342 e. The highest BCUT2D eigenvalue weighted by Crippen LogP contribution is 2.45. The third-order valence-corrected chi connectivity index (χ3v) is 6.69. The van der Waals surface area contributed by atoms with Crippen LogP contribution in [0, 0.1) is 0 Å². The highest BCUT2D eigenvalue weighted by atomic mass is 16.2. The number of nitrogens with zero attached hydrogens (tertiary/aromatic N) is 3. The van der Waals surface area contributed by atoms with Gasteiger partial charge in [-0.15, -0.1) is 0 Å². The highest BCUT2D eigenvalue weighted by molar-refractivity contribution is 5.76. The van der Waals surface area contributed by atoms with E-state index in [1.54, 1.807) is 0 Å². The molecule has 3 aliphatic rings. The van der Waals surface area contributed by atoms with Crippen molar-refractivity contribution in [3.63, 3.8) is 0 Å². The van der Waals surface area contributed by atoms with Crippen molar-refractivity contribution in [2.75, 3.05) is 13.1 Å². The summed E-state index contributed by atoms with van der Waals surface area (Å²) < 4.78 is 0.